The number of benzene rings is 1. The summed E-state index contributed by atoms with van der Waals surface area (Å²) in [6, 6.07) is 6.40. The Labute approximate surface area is 209 Å². The largest absolute Gasteiger partial charge is 0.369 e. The fraction of sp³-hybridized carbons (Fsp3) is 0.667. The van der Waals surface area contributed by atoms with Gasteiger partial charge in [0.1, 0.15) is 18.7 Å². The van der Waals surface area contributed by atoms with E-state index in [0.29, 0.717) is 24.4 Å². The van der Waals surface area contributed by atoms with Gasteiger partial charge >= 0.3 is 0 Å². The van der Waals surface area contributed by atoms with E-state index in [4.69, 9.17) is 4.74 Å². The normalized spacial score (nSPS) is 25.9. The van der Waals surface area contributed by atoms with Crippen molar-refractivity contribution in [3.05, 3.63) is 29.8 Å². The lowest BCUT2D eigenvalue weighted by molar-refractivity contribution is -0.138. The molecular formula is C27H40N4O4. The van der Waals surface area contributed by atoms with Gasteiger partial charge in [-0.2, -0.15) is 0 Å². The number of hydrogen-bond acceptors (Lipinski definition) is 6. The average molecular weight is 485 g/mol. The summed E-state index contributed by atoms with van der Waals surface area (Å²) >= 11 is 0. The van der Waals surface area contributed by atoms with E-state index in [2.05, 4.69) is 36.0 Å². The van der Waals surface area contributed by atoms with Crippen molar-refractivity contribution >= 4 is 23.3 Å². The summed E-state index contributed by atoms with van der Waals surface area (Å²) in [6.45, 7) is 12.8. The first-order valence-electron chi connectivity index (χ1n) is 12.9. The third-order valence-electron chi connectivity index (χ3n) is 7.67. The number of carbonyl (C=O) groups is 3. The number of anilines is 1. The molecule has 3 aliphatic rings. The molecule has 8 heteroatoms. The van der Waals surface area contributed by atoms with E-state index in [0.717, 1.165) is 31.9 Å². The molecule has 8 nitrogen and oxygen atoms in total. The Kier molecular flexibility index (Phi) is 7.81. The molecule has 3 aliphatic heterocycles. The van der Waals surface area contributed by atoms with Crippen molar-refractivity contribution in [1.29, 1.82) is 0 Å². The minimum Gasteiger partial charge on any atom is -0.369 e. The van der Waals surface area contributed by atoms with Crippen molar-refractivity contribution in [2.24, 2.45) is 17.8 Å². The molecule has 3 saturated heterocycles. The first-order chi connectivity index (χ1) is 16.7. The minimum absolute atomic E-state index is 0.0411. The Morgan fingerprint density at radius 2 is 1.71 bits per heavy atom. The van der Waals surface area contributed by atoms with Crippen molar-refractivity contribution in [2.45, 2.75) is 52.3 Å². The van der Waals surface area contributed by atoms with Gasteiger partial charge in [0.05, 0.1) is 6.10 Å². The highest BCUT2D eigenvalue weighted by Crippen LogP contribution is 2.36. The fourth-order valence-corrected chi connectivity index (χ4v) is 5.53. The summed E-state index contributed by atoms with van der Waals surface area (Å²) < 4.78 is 5.78. The van der Waals surface area contributed by atoms with Crippen LogP contribution in [0.5, 0.6) is 0 Å². The number of Topliss-reactive ketones (excluding diaryl/α,β-unsaturated/α-hetero) is 1. The van der Waals surface area contributed by atoms with Crippen LogP contribution in [0.3, 0.4) is 0 Å². The standard InChI is InChI=1S/C27H40N4O4/c1-17(2)14-22(27(34)31-15-21(18(3)4)25-24(31)23(32)16-35-25)28-26(33)19-6-8-20(9-7-19)30-12-10-29(5)11-13-30/h6-9,17-18,21-22,24-25H,10-16H2,1-5H3,(H,28,33)/t21-,22?,24-,25-/m1/s1. The van der Waals surface area contributed by atoms with Gasteiger partial charge < -0.3 is 24.8 Å². The van der Waals surface area contributed by atoms with Crippen LogP contribution in [0, 0.1) is 17.8 Å². The summed E-state index contributed by atoms with van der Waals surface area (Å²) in [5, 5.41) is 2.98. The van der Waals surface area contributed by atoms with Crippen LogP contribution in [0.25, 0.3) is 0 Å². The molecule has 0 radical (unpaired) electrons. The van der Waals surface area contributed by atoms with Crippen LogP contribution < -0.4 is 10.2 Å². The second-order valence-corrected chi connectivity index (χ2v) is 11.1. The smallest absolute Gasteiger partial charge is 0.251 e. The monoisotopic (exact) mass is 484 g/mol. The van der Waals surface area contributed by atoms with Gasteiger partial charge in [0, 0.05) is 49.9 Å². The Balaban J connectivity index is 1.46. The minimum atomic E-state index is -0.681. The van der Waals surface area contributed by atoms with Crippen LogP contribution >= 0.6 is 0 Å². The number of likely N-dealkylation sites (N-methyl/N-ethyl adjacent to an activating group) is 1. The number of nitrogens with one attached hydrogen (secondary N) is 1. The SMILES string of the molecule is CC(C)CC(NC(=O)c1ccc(N2CCN(C)CC2)cc1)C(=O)N1C[C@H](C(C)C)[C@H]2OCC(=O)[C@H]21. The maximum Gasteiger partial charge on any atom is 0.251 e. The topological polar surface area (TPSA) is 82.2 Å². The van der Waals surface area contributed by atoms with E-state index < -0.39 is 12.1 Å². The van der Waals surface area contributed by atoms with Gasteiger partial charge in [-0.1, -0.05) is 27.7 Å². The summed E-state index contributed by atoms with van der Waals surface area (Å²) in [7, 11) is 2.13. The van der Waals surface area contributed by atoms with Crippen LogP contribution in [0.1, 0.15) is 44.5 Å². The van der Waals surface area contributed by atoms with Crippen molar-refractivity contribution in [1.82, 2.24) is 15.1 Å². The molecule has 0 saturated carbocycles. The molecule has 0 bridgehead atoms. The number of amides is 2. The third kappa shape index (κ3) is 5.54. The average Bonchev–Trinajstić information content (AvgIpc) is 3.39. The number of likely N-dealkylation sites (tertiary alicyclic amines) is 1. The van der Waals surface area contributed by atoms with Gasteiger partial charge in [0.25, 0.3) is 5.91 Å². The van der Waals surface area contributed by atoms with Gasteiger partial charge in [-0.3, -0.25) is 14.4 Å². The predicted octanol–water partition coefficient (Wildman–Crippen LogP) is 2.03. The molecule has 192 valence electrons. The molecule has 1 unspecified atom stereocenters. The Hall–Kier alpha value is -2.45. The Bertz CT molecular complexity index is 924. The molecule has 0 aliphatic carbocycles. The number of carbonyl (C=O) groups excluding carboxylic acids is 3. The lowest BCUT2D eigenvalue weighted by Crippen LogP contribution is -2.52. The summed E-state index contributed by atoms with van der Waals surface area (Å²) in [5.41, 5.74) is 1.64. The number of fused-ring (bicyclic) bond motifs is 1. The Morgan fingerprint density at radius 1 is 1.06 bits per heavy atom. The lowest BCUT2D eigenvalue weighted by Gasteiger charge is -2.34. The number of nitrogens with zero attached hydrogens (tertiary/aromatic N) is 3. The van der Waals surface area contributed by atoms with Crippen LogP contribution in [-0.2, 0) is 14.3 Å². The molecule has 4 rings (SSSR count). The number of rotatable bonds is 7. The highest BCUT2D eigenvalue weighted by molar-refractivity contribution is 5.99. The van der Waals surface area contributed by atoms with Crippen molar-refractivity contribution in [2.75, 3.05) is 51.3 Å². The van der Waals surface area contributed by atoms with Crippen LogP contribution in [0.2, 0.25) is 0 Å². The molecular weight excluding hydrogens is 444 g/mol. The molecule has 35 heavy (non-hydrogen) atoms. The number of ketones is 1. The van der Waals surface area contributed by atoms with Crippen molar-refractivity contribution in [3.63, 3.8) is 0 Å². The van der Waals surface area contributed by atoms with E-state index in [1.807, 2.05) is 38.1 Å². The van der Waals surface area contributed by atoms with E-state index in [1.165, 1.54) is 0 Å². The number of piperazine rings is 1. The van der Waals surface area contributed by atoms with Crippen molar-refractivity contribution in [3.8, 4) is 0 Å². The molecule has 0 spiro atoms. The molecule has 1 aromatic rings. The van der Waals surface area contributed by atoms with Crippen molar-refractivity contribution < 1.29 is 19.1 Å². The second-order valence-electron chi connectivity index (χ2n) is 11.1. The molecule has 2 amide bonds. The first-order valence-corrected chi connectivity index (χ1v) is 12.9. The molecule has 1 N–H and O–H groups in total. The maximum absolute atomic E-state index is 13.7. The summed E-state index contributed by atoms with van der Waals surface area (Å²) in [4.78, 5) is 45.7. The third-order valence-corrected chi connectivity index (χ3v) is 7.67. The van der Waals surface area contributed by atoms with E-state index in [-0.39, 0.29) is 42.1 Å². The zero-order chi connectivity index (χ0) is 25.3. The van der Waals surface area contributed by atoms with Gasteiger partial charge in [0.15, 0.2) is 5.78 Å². The molecule has 4 atom stereocenters. The zero-order valence-electron chi connectivity index (χ0n) is 21.7. The summed E-state index contributed by atoms with van der Waals surface area (Å²) in [5.74, 6) is 0.132. The van der Waals surface area contributed by atoms with E-state index >= 15 is 0 Å². The van der Waals surface area contributed by atoms with Crippen LogP contribution in [-0.4, -0.2) is 92.0 Å². The van der Waals surface area contributed by atoms with Crippen LogP contribution in [0.15, 0.2) is 24.3 Å². The first kappa shape index (κ1) is 25.6. The van der Waals surface area contributed by atoms with E-state index in [1.54, 1.807) is 4.90 Å². The van der Waals surface area contributed by atoms with Gasteiger partial charge in [-0.25, -0.2) is 0 Å². The highest BCUT2D eigenvalue weighted by Gasteiger charge is 2.53. The van der Waals surface area contributed by atoms with E-state index in [9.17, 15) is 14.4 Å². The summed E-state index contributed by atoms with van der Waals surface area (Å²) in [6.07, 6.45) is 0.267. The lowest BCUT2D eigenvalue weighted by atomic mass is 9.91. The molecule has 3 heterocycles. The number of ether oxygens (including phenoxy) is 1. The maximum atomic E-state index is 13.7. The predicted molar refractivity (Wildman–Crippen MR) is 135 cm³/mol. The second kappa shape index (κ2) is 10.7. The molecule has 3 fully saturated rings. The van der Waals surface area contributed by atoms with Gasteiger partial charge in [0.2, 0.25) is 5.91 Å². The fourth-order valence-electron chi connectivity index (χ4n) is 5.53. The molecule has 0 aromatic heterocycles. The van der Waals surface area contributed by atoms with Crippen LogP contribution in [0.4, 0.5) is 5.69 Å². The number of hydrogen-bond donors (Lipinski definition) is 1. The highest BCUT2D eigenvalue weighted by atomic mass is 16.5. The van der Waals surface area contributed by atoms with Gasteiger partial charge in [-0.05, 0) is 49.6 Å². The van der Waals surface area contributed by atoms with Gasteiger partial charge in [-0.15, -0.1) is 0 Å². The Morgan fingerprint density at radius 3 is 2.31 bits per heavy atom. The quantitative estimate of drug-likeness (QED) is 0.638. The molecule has 1 aromatic carbocycles. The zero-order valence-corrected chi connectivity index (χ0v) is 21.7.